The molecule has 0 spiro atoms. The average molecular weight is 406 g/mol. The van der Waals surface area contributed by atoms with Gasteiger partial charge in [-0.2, -0.15) is 0 Å². The molecule has 1 fully saturated rings. The molecule has 4 rings (SSSR count). The van der Waals surface area contributed by atoms with E-state index in [0.29, 0.717) is 22.5 Å². The molecule has 0 unspecified atom stereocenters. The first kappa shape index (κ1) is 19.6. The van der Waals surface area contributed by atoms with Crippen molar-refractivity contribution in [1.29, 1.82) is 0 Å². The fourth-order valence-electron chi connectivity index (χ4n) is 3.68. The molecule has 2 heterocycles. The molecular weight excluding hydrogens is 384 g/mol. The number of nitrogens with zero attached hydrogens (tertiary/aromatic N) is 2. The van der Waals surface area contributed by atoms with Crippen LogP contribution in [0.5, 0.6) is 0 Å². The minimum atomic E-state index is -0.380. The first-order chi connectivity index (χ1) is 14.5. The van der Waals surface area contributed by atoms with Crippen LogP contribution in [0, 0.1) is 0 Å². The Morgan fingerprint density at radius 2 is 1.43 bits per heavy atom. The summed E-state index contributed by atoms with van der Waals surface area (Å²) < 4.78 is 0. The Balaban J connectivity index is 1.32. The SMILES string of the molecule is O=C(CCN1C(=O)c2ccccc2C1=O)Nc1cccc(NC(=O)N2CCCC2)c1. The Morgan fingerprint density at radius 3 is 2.07 bits per heavy atom. The molecule has 2 aromatic carbocycles. The van der Waals surface area contributed by atoms with Crippen LogP contribution >= 0.6 is 0 Å². The molecule has 0 aliphatic carbocycles. The molecule has 154 valence electrons. The van der Waals surface area contributed by atoms with Crippen LogP contribution in [0.25, 0.3) is 0 Å². The summed E-state index contributed by atoms with van der Waals surface area (Å²) in [5, 5.41) is 5.58. The van der Waals surface area contributed by atoms with Crippen molar-refractivity contribution in [3.8, 4) is 0 Å². The standard InChI is InChI=1S/C22H22N4O4/c27-19(10-13-26-20(28)17-8-1-2-9-18(17)21(26)29)23-15-6-5-7-16(14-15)24-22(30)25-11-3-4-12-25/h1-2,5-9,14H,3-4,10-13H2,(H,23,27)(H,24,30). The van der Waals surface area contributed by atoms with Crippen LogP contribution in [0.1, 0.15) is 40.0 Å². The maximum absolute atomic E-state index is 12.4. The minimum absolute atomic E-state index is 0.00354. The van der Waals surface area contributed by atoms with E-state index >= 15 is 0 Å². The highest BCUT2D eigenvalue weighted by Crippen LogP contribution is 2.23. The number of benzene rings is 2. The van der Waals surface area contributed by atoms with Gasteiger partial charge in [0.05, 0.1) is 11.1 Å². The monoisotopic (exact) mass is 406 g/mol. The molecule has 0 bridgehead atoms. The lowest BCUT2D eigenvalue weighted by Crippen LogP contribution is -2.33. The third-order valence-corrected chi connectivity index (χ3v) is 5.23. The molecule has 8 nitrogen and oxygen atoms in total. The lowest BCUT2D eigenvalue weighted by Gasteiger charge is -2.17. The van der Waals surface area contributed by atoms with Crippen molar-refractivity contribution in [2.24, 2.45) is 0 Å². The topological polar surface area (TPSA) is 98.8 Å². The number of hydrogen-bond acceptors (Lipinski definition) is 4. The molecule has 8 heteroatoms. The lowest BCUT2D eigenvalue weighted by atomic mass is 10.1. The van der Waals surface area contributed by atoms with Gasteiger partial charge in [0.1, 0.15) is 0 Å². The number of carbonyl (C=O) groups excluding carboxylic acids is 4. The summed E-state index contributed by atoms with van der Waals surface area (Å²) in [4.78, 5) is 52.1. The van der Waals surface area contributed by atoms with Crippen molar-refractivity contribution in [2.45, 2.75) is 19.3 Å². The maximum atomic E-state index is 12.4. The number of rotatable bonds is 5. The fraction of sp³-hybridized carbons (Fsp3) is 0.273. The first-order valence-electron chi connectivity index (χ1n) is 9.94. The number of imide groups is 1. The third kappa shape index (κ3) is 4.03. The summed E-state index contributed by atoms with van der Waals surface area (Å²) in [6, 6.07) is 13.4. The van der Waals surface area contributed by atoms with Gasteiger partial charge in [-0.25, -0.2) is 4.79 Å². The van der Waals surface area contributed by atoms with E-state index in [9.17, 15) is 19.2 Å². The van der Waals surface area contributed by atoms with Crippen LogP contribution in [0.4, 0.5) is 16.2 Å². The van der Waals surface area contributed by atoms with Crippen LogP contribution in [-0.4, -0.2) is 53.2 Å². The molecule has 0 radical (unpaired) electrons. The van der Waals surface area contributed by atoms with Crippen molar-refractivity contribution < 1.29 is 19.2 Å². The van der Waals surface area contributed by atoms with Gasteiger partial charge in [-0.05, 0) is 43.2 Å². The van der Waals surface area contributed by atoms with Crippen LogP contribution < -0.4 is 10.6 Å². The van der Waals surface area contributed by atoms with E-state index in [-0.39, 0.29) is 36.7 Å². The molecule has 5 amide bonds. The molecule has 2 N–H and O–H groups in total. The third-order valence-electron chi connectivity index (χ3n) is 5.23. The number of carbonyl (C=O) groups is 4. The molecular formula is C22H22N4O4. The van der Waals surface area contributed by atoms with Crippen molar-refractivity contribution >= 4 is 35.1 Å². The fourth-order valence-corrected chi connectivity index (χ4v) is 3.68. The zero-order valence-electron chi connectivity index (χ0n) is 16.4. The van der Waals surface area contributed by atoms with E-state index in [0.717, 1.165) is 30.8 Å². The zero-order chi connectivity index (χ0) is 21.1. The summed E-state index contributed by atoms with van der Waals surface area (Å²) >= 11 is 0. The van der Waals surface area contributed by atoms with Crippen LogP contribution in [0.3, 0.4) is 0 Å². The Bertz CT molecular complexity index is 979. The molecule has 0 aromatic heterocycles. The highest BCUT2D eigenvalue weighted by atomic mass is 16.2. The predicted octanol–water partition coefficient (Wildman–Crippen LogP) is 2.94. The van der Waals surface area contributed by atoms with Crippen molar-refractivity contribution in [3.63, 3.8) is 0 Å². The molecule has 1 saturated heterocycles. The maximum Gasteiger partial charge on any atom is 0.321 e. The van der Waals surface area contributed by atoms with E-state index in [1.54, 1.807) is 53.4 Å². The van der Waals surface area contributed by atoms with Gasteiger partial charge in [-0.15, -0.1) is 0 Å². The Kier molecular flexibility index (Phi) is 5.47. The second-order valence-electron chi connectivity index (χ2n) is 7.31. The number of nitrogens with one attached hydrogen (secondary N) is 2. The van der Waals surface area contributed by atoms with Gasteiger partial charge in [0.2, 0.25) is 5.91 Å². The van der Waals surface area contributed by atoms with Crippen LogP contribution in [0.15, 0.2) is 48.5 Å². The van der Waals surface area contributed by atoms with E-state index < -0.39 is 0 Å². The van der Waals surface area contributed by atoms with Crippen molar-refractivity contribution in [3.05, 3.63) is 59.7 Å². The predicted molar refractivity (Wildman–Crippen MR) is 111 cm³/mol. The number of amides is 5. The first-order valence-corrected chi connectivity index (χ1v) is 9.94. The number of hydrogen-bond donors (Lipinski definition) is 2. The Hall–Kier alpha value is -3.68. The van der Waals surface area contributed by atoms with Gasteiger partial charge in [-0.3, -0.25) is 19.3 Å². The number of likely N-dealkylation sites (tertiary alicyclic amines) is 1. The summed E-state index contributed by atoms with van der Waals surface area (Å²) in [5.74, 6) is -1.08. The van der Waals surface area contributed by atoms with Gasteiger partial charge in [-0.1, -0.05) is 18.2 Å². The summed E-state index contributed by atoms with van der Waals surface area (Å²) in [6.45, 7) is 1.50. The molecule has 30 heavy (non-hydrogen) atoms. The second kappa shape index (κ2) is 8.36. The smallest absolute Gasteiger partial charge is 0.321 e. The van der Waals surface area contributed by atoms with Gasteiger partial charge in [0, 0.05) is 37.4 Å². The summed E-state index contributed by atoms with van der Waals surface area (Å²) in [6.07, 6.45) is 2.00. The average Bonchev–Trinajstić information content (AvgIpc) is 3.36. The quantitative estimate of drug-likeness (QED) is 0.746. The Labute approximate surface area is 173 Å². The van der Waals surface area contributed by atoms with Crippen molar-refractivity contribution in [1.82, 2.24) is 9.80 Å². The van der Waals surface area contributed by atoms with E-state index in [4.69, 9.17) is 0 Å². The highest BCUT2D eigenvalue weighted by molar-refractivity contribution is 6.21. The molecule has 0 saturated carbocycles. The Morgan fingerprint density at radius 1 is 0.833 bits per heavy atom. The summed E-state index contributed by atoms with van der Waals surface area (Å²) in [7, 11) is 0. The molecule has 2 aromatic rings. The van der Waals surface area contributed by atoms with Gasteiger partial charge < -0.3 is 15.5 Å². The number of fused-ring (bicyclic) bond motifs is 1. The van der Waals surface area contributed by atoms with E-state index in [2.05, 4.69) is 10.6 Å². The lowest BCUT2D eigenvalue weighted by molar-refractivity contribution is -0.116. The zero-order valence-corrected chi connectivity index (χ0v) is 16.4. The minimum Gasteiger partial charge on any atom is -0.326 e. The van der Waals surface area contributed by atoms with Gasteiger partial charge >= 0.3 is 6.03 Å². The van der Waals surface area contributed by atoms with Crippen molar-refractivity contribution in [2.75, 3.05) is 30.3 Å². The highest BCUT2D eigenvalue weighted by Gasteiger charge is 2.34. The van der Waals surface area contributed by atoms with Gasteiger partial charge in [0.15, 0.2) is 0 Å². The number of anilines is 2. The summed E-state index contributed by atoms with van der Waals surface area (Å²) in [5.41, 5.74) is 1.85. The molecule has 2 aliphatic heterocycles. The van der Waals surface area contributed by atoms with Gasteiger partial charge in [0.25, 0.3) is 11.8 Å². The second-order valence-corrected chi connectivity index (χ2v) is 7.31. The van der Waals surface area contributed by atoms with E-state index in [1.165, 1.54) is 0 Å². The van der Waals surface area contributed by atoms with Crippen LogP contribution in [0.2, 0.25) is 0 Å². The molecule has 0 atom stereocenters. The normalized spacial score (nSPS) is 15.3. The number of urea groups is 1. The largest absolute Gasteiger partial charge is 0.326 e. The van der Waals surface area contributed by atoms with E-state index in [1.807, 2.05) is 0 Å². The van der Waals surface area contributed by atoms with Crippen LogP contribution in [-0.2, 0) is 4.79 Å². The molecule has 2 aliphatic rings.